The van der Waals surface area contributed by atoms with Crippen LogP contribution in [-0.2, 0) is 16.0 Å². The molecule has 1 aromatic carbocycles. The lowest BCUT2D eigenvalue weighted by Crippen LogP contribution is -2.33. The summed E-state index contributed by atoms with van der Waals surface area (Å²) in [5.41, 5.74) is 0.521. The van der Waals surface area contributed by atoms with E-state index in [0.29, 0.717) is 24.9 Å². The molecule has 0 aromatic heterocycles. The number of aliphatic carboxylic acids is 1. The molecule has 1 N–H and O–H groups in total. The number of rotatable bonds is 7. The van der Waals surface area contributed by atoms with Crippen LogP contribution in [-0.4, -0.2) is 35.5 Å². The minimum Gasteiger partial charge on any atom is -0.481 e. The minimum absolute atomic E-state index is 0.0410. The monoisotopic (exact) mass is 281 g/mol. The van der Waals surface area contributed by atoms with Crippen molar-refractivity contribution < 1.29 is 19.1 Å². The van der Waals surface area contributed by atoms with Crippen LogP contribution in [0.2, 0.25) is 0 Å². The van der Waals surface area contributed by atoms with Crippen LogP contribution in [0.5, 0.6) is 0 Å². The Balaban J connectivity index is 2.50. The number of carbonyl (C=O) groups excluding carboxylic acids is 1. The van der Waals surface area contributed by atoms with E-state index in [2.05, 4.69) is 0 Å². The Kier molecular flexibility index (Phi) is 6.15. The van der Waals surface area contributed by atoms with Crippen molar-refractivity contribution in [3.05, 3.63) is 35.6 Å². The molecule has 0 radical (unpaired) electrons. The molecule has 5 heteroatoms. The van der Waals surface area contributed by atoms with Crippen LogP contribution in [0.3, 0.4) is 0 Å². The van der Waals surface area contributed by atoms with Gasteiger partial charge in [-0.05, 0) is 24.5 Å². The van der Waals surface area contributed by atoms with Gasteiger partial charge in [0.05, 0.1) is 0 Å². The first-order valence-electron chi connectivity index (χ1n) is 6.62. The lowest BCUT2D eigenvalue weighted by molar-refractivity contribution is -0.138. The molecule has 0 bridgehead atoms. The molecule has 20 heavy (non-hydrogen) atoms. The standard InChI is InChI=1S/C15H20FNO3/c1-11(10-12-6-3-4-7-13(12)16)15(20)17(2)9-5-8-14(18)19/h3-4,6-7,11H,5,8-10H2,1-2H3,(H,18,19). The summed E-state index contributed by atoms with van der Waals surface area (Å²) in [7, 11) is 1.64. The van der Waals surface area contributed by atoms with Crippen LogP contribution in [0, 0.1) is 11.7 Å². The third-order valence-electron chi connectivity index (χ3n) is 3.17. The summed E-state index contributed by atoms with van der Waals surface area (Å²) in [6.45, 7) is 2.15. The number of halogens is 1. The highest BCUT2D eigenvalue weighted by Gasteiger charge is 2.19. The topological polar surface area (TPSA) is 57.6 Å². The summed E-state index contributed by atoms with van der Waals surface area (Å²) in [4.78, 5) is 24.0. The second-order valence-electron chi connectivity index (χ2n) is 4.95. The van der Waals surface area contributed by atoms with Crippen molar-refractivity contribution in [2.45, 2.75) is 26.2 Å². The number of amides is 1. The molecular formula is C15H20FNO3. The third kappa shape index (κ3) is 4.99. The molecule has 1 amide bonds. The molecule has 1 atom stereocenters. The summed E-state index contributed by atoms with van der Waals surface area (Å²) < 4.78 is 13.5. The smallest absolute Gasteiger partial charge is 0.303 e. The Morgan fingerprint density at radius 3 is 2.60 bits per heavy atom. The maximum absolute atomic E-state index is 13.5. The van der Waals surface area contributed by atoms with Crippen molar-refractivity contribution in [3.8, 4) is 0 Å². The summed E-state index contributed by atoms with van der Waals surface area (Å²) in [5.74, 6) is -1.61. The average molecular weight is 281 g/mol. The van der Waals surface area contributed by atoms with E-state index in [0.717, 1.165) is 0 Å². The van der Waals surface area contributed by atoms with Gasteiger partial charge in [0, 0.05) is 25.9 Å². The van der Waals surface area contributed by atoms with E-state index in [1.54, 1.807) is 32.2 Å². The highest BCUT2D eigenvalue weighted by atomic mass is 19.1. The average Bonchev–Trinajstić information content (AvgIpc) is 2.39. The van der Waals surface area contributed by atoms with E-state index in [-0.39, 0.29) is 24.1 Å². The first-order chi connectivity index (χ1) is 9.41. The van der Waals surface area contributed by atoms with Gasteiger partial charge in [0.25, 0.3) is 0 Å². The van der Waals surface area contributed by atoms with Crippen LogP contribution in [0.25, 0.3) is 0 Å². The molecule has 1 rings (SSSR count). The van der Waals surface area contributed by atoms with Crippen molar-refractivity contribution >= 4 is 11.9 Å². The number of hydrogen-bond acceptors (Lipinski definition) is 2. The molecule has 4 nitrogen and oxygen atoms in total. The van der Waals surface area contributed by atoms with Crippen molar-refractivity contribution in [3.63, 3.8) is 0 Å². The van der Waals surface area contributed by atoms with Crippen LogP contribution in [0.1, 0.15) is 25.3 Å². The number of carboxylic acids is 1. The van der Waals surface area contributed by atoms with E-state index < -0.39 is 5.97 Å². The zero-order valence-corrected chi connectivity index (χ0v) is 11.8. The summed E-state index contributed by atoms with van der Waals surface area (Å²) in [5, 5.41) is 8.55. The molecule has 0 saturated carbocycles. The van der Waals surface area contributed by atoms with Crippen molar-refractivity contribution in [1.29, 1.82) is 0 Å². The van der Waals surface area contributed by atoms with Crippen LogP contribution in [0.15, 0.2) is 24.3 Å². The maximum Gasteiger partial charge on any atom is 0.303 e. The molecule has 1 unspecified atom stereocenters. The van der Waals surface area contributed by atoms with Gasteiger partial charge in [-0.3, -0.25) is 9.59 Å². The molecule has 1 aromatic rings. The van der Waals surface area contributed by atoms with Gasteiger partial charge >= 0.3 is 5.97 Å². The van der Waals surface area contributed by atoms with Crippen LogP contribution < -0.4 is 0 Å². The number of benzene rings is 1. The molecule has 0 aliphatic heterocycles. The Bertz CT molecular complexity index is 476. The zero-order chi connectivity index (χ0) is 15.1. The largest absolute Gasteiger partial charge is 0.481 e. The van der Waals surface area contributed by atoms with Gasteiger partial charge in [-0.15, -0.1) is 0 Å². The van der Waals surface area contributed by atoms with Gasteiger partial charge in [-0.1, -0.05) is 25.1 Å². The van der Waals surface area contributed by atoms with Gasteiger partial charge in [-0.2, -0.15) is 0 Å². The van der Waals surface area contributed by atoms with Crippen molar-refractivity contribution in [2.75, 3.05) is 13.6 Å². The Labute approximate surface area is 118 Å². The number of nitrogens with zero attached hydrogens (tertiary/aromatic N) is 1. The lowest BCUT2D eigenvalue weighted by atomic mass is 9.99. The van der Waals surface area contributed by atoms with E-state index in [4.69, 9.17) is 5.11 Å². The number of hydrogen-bond donors (Lipinski definition) is 1. The molecule has 0 saturated heterocycles. The van der Waals surface area contributed by atoms with Gasteiger partial charge < -0.3 is 10.0 Å². The summed E-state index contributed by atoms with van der Waals surface area (Å²) in [6, 6.07) is 6.40. The SMILES string of the molecule is CC(Cc1ccccc1F)C(=O)N(C)CCCC(=O)O. The lowest BCUT2D eigenvalue weighted by Gasteiger charge is -2.21. The molecule has 110 valence electrons. The van der Waals surface area contributed by atoms with E-state index in [9.17, 15) is 14.0 Å². The van der Waals surface area contributed by atoms with Gasteiger partial charge in [0.15, 0.2) is 0 Å². The first-order valence-corrected chi connectivity index (χ1v) is 6.62. The summed E-state index contributed by atoms with van der Waals surface area (Å²) >= 11 is 0. The number of carbonyl (C=O) groups is 2. The zero-order valence-electron chi connectivity index (χ0n) is 11.8. The maximum atomic E-state index is 13.5. The van der Waals surface area contributed by atoms with Crippen LogP contribution >= 0.6 is 0 Å². The fraction of sp³-hybridized carbons (Fsp3) is 0.467. The summed E-state index contributed by atoms with van der Waals surface area (Å²) in [6.07, 6.45) is 0.804. The van der Waals surface area contributed by atoms with E-state index in [1.165, 1.54) is 11.0 Å². The fourth-order valence-electron chi connectivity index (χ4n) is 2.03. The van der Waals surface area contributed by atoms with Gasteiger partial charge in [-0.25, -0.2) is 4.39 Å². The highest BCUT2D eigenvalue weighted by molar-refractivity contribution is 5.78. The predicted molar refractivity (Wildman–Crippen MR) is 73.8 cm³/mol. The van der Waals surface area contributed by atoms with Crippen LogP contribution in [0.4, 0.5) is 4.39 Å². The quantitative estimate of drug-likeness (QED) is 0.834. The second kappa shape index (κ2) is 7.62. The molecule has 0 aliphatic carbocycles. The number of carboxylic acid groups (broad SMARTS) is 1. The predicted octanol–water partition coefficient (Wildman–Crippen LogP) is 2.33. The van der Waals surface area contributed by atoms with E-state index >= 15 is 0 Å². The van der Waals surface area contributed by atoms with Crippen molar-refractivity contribution in [2.24, 2.45) is 5.92 Å². The Hall–Kier alpha value is -1.91. The molecule has 0 fully saturated rings. The van der Waals surface area contributed by atoms with Gasteiger partial charge in [0.2, 0.25) is 5.91 Å². The normalized spacial score (nSPS) is 11.9. The van der Waals surface area contributed by atoms with Gasteiger partial charge in [0.1, 0.15) is 5.82 Å². The fourth-order valence-corrected chi connectivity index (χ4v) is 2.03. The van der Waals surface area contributed by atoms with E-state index in [1.807, 2.05) is 0 Å². The van der Waals surface area contributed by atoms with Crippen molar-refractivity contribution in [1.82, 2.24) is 4.90 Å². The Morgan fingerprint density at radius 2 is 2.00 bits per heavy atom. The second-order valence-corrected chi connectivity index (χ2v) is 4.95. The molecule has 0 spiro atoms. The molecule has 0 heterocycles. The third-order valence-corrected chi connectivity index (χ3v) is 3.17. The molecule has 0 aliphatic rings. The first kappa shape index (κ1) is 16.1. The highest BCUT2D eigenvalue weighted by Crippen LogP contribution is 2.14. The Morgan fingerprint density at radius 1 is 1.35 bits per heavy atom. The molecular weight excluding hydrogens is 261 g/mol. The minimum atomic E-state index is -0.870.